The van der Waals surface area contributed by atoms with E-state index in [0.29, 0.717) is 12.1 Å². The molecule has 0 saturated heterocycles. The van der Waals surface area contributed by atoms with Gasteiger partial charge in [-0.1, -0.05) is 12.1 Å². The highest BCUT2D eigenvalue weighted by Gasteiger charge is 2.24. The van der Waals surface area contributed by atoms with Crippen molar-refractivity contribution in [1.29, 1.82) is 0 Å². The van der Waals surface area contributed by atoms with Crippen LogP contribution in [0.3, 0.4) is 0 Å². The Hall–Kier alpha value is -1.62. The minimum atomic E-state index is -0.527. The van der Waals surface area contributed by atoms with Crippen LogP contribution in [-0.4, -0.2) is 34.7 Å². The van der Waals surface area contributed by atoms with Gasteiger partial charge in [-0.15, -0.1) is 11.6 Å². The average molecular weight is 271 g/mol. The highest BCUT2D eigenvalue weighted by atomic mass is 35.5. The summed E-state index contributed by atoms with van der Waals surface area (Å²) in [7, 11) is 1.58. The van der Waals surface area contributed by atoms with Crippen molar-refractivity contribution in [3.63, 3.8) is 0 Å². The average Bonchev–Trinajstić information content (AvgIpc) is 2.26. The number of halogens is 1. The molecule has 0 aliphatic rings. The van der Waals surface area contributed by atoms with Crippen LogP contribution in [0.15, 0.2) is 18.2 Å². The Balaban J connectivity index is 3.13. The first-order valence-corrected chi connectivity index (χ1v) is 5.91. The number of para-hydroxylation sites is 1. The number of benzene rings is 1. The van der Waals surface area contributed by atoms with Gasteiger partial charge in [0.2, 0.25) is 0 Å². The monoisotopic (exact) mass is 270 g/mol. The Morgan fingerprint density at radius 1 is 1.56 bits per heavy atom. The Kier molecular flexibility index (Phi) is 4.67. The first kappa shape index (κ1) is 14.4. The summed E-state index contributed by atoms with van der Waals surface area (Å²) in [5.41, 5.74) is 0.426. The van der Waals surface area contributed by atoms with Gasteiger partial charge in [0.1, 0.15) is 5.56 Å². The molecule has 0 aromatic heterocycles. The first-order chi connectivity index (χ1) is 8.34. The molecule has 1 aromatic rings. The van der Waals surface area contributed by atoms with Crippen LogP contribution < -0.4 is 0 Å². The number of nitrogens with zero attached hydrogens (tertiary/aromatic N) is 2. The summed E-state index contributed by atoms with van der Waals surface area (Å²) in [5.74, 6) is -0.391. The largest absolute Gasteiger partial charge is 0.340 e. The van der Waals surface area contributed by atoms with Gasteiger partial charge in [0.25, 0.3) is 11.6 Å². The molecule has 5 nitrogen and oxygen atoms in total. The standard InChI is InChI=1S/C12H15ClN2O3/c1-8-5-4-6-10(11(8)15(17)18)12(16)14(3)7-9(2)13/h4-6,9H,7H2,1-3H3. The predicted octanol–water partition coefficient (Wildman–Crippen LogP) is 2.60. The summed E-state index contributed by atoms with van der Waals surface area (Å²) in [6, 6.07) is 4.70. The van der Waals surface area contributed by atoms with E-state index in [9.17, 15) is 14.9 Å². The molecule has 0 saturated carbocycles. The molecule has 98 valence electrons. The molecule has 0 aliphatic heterocycles. The second-order valence-electron chi connectivity index (χ2n) is 4.19. The molecular formula is C12H15ClN2O3. The number of nitro groups is 1. The third-order valence-corrected chi connectivity index (χ3v) is 2.66. The van der Waals surface area contributed by atoms with E-state index >= 15 is 0 Å². The number of alkyl halides is 1. The maximum absolute atomic E-state index is 12.1. The normalized spacial score (nSPS) is 12.0. The number of hydrogen-bond acceptors (Lipinski definition) is 3. The van der Waals surface area contributed by atoms with Gasteiger partial charge in [0.15, 0.2) is 0 Å². The van der Waals surface area contributed by atoms with Crippen molar-refractivity contribution in [1.82, 2.24) is 4.90 Å². The highest BCUT2D eigenvalue weighted by Crippen LogP contribution is 2.24. The van der Waals surface area contributed by atoms with E-state index in [1.165, 1.54) is 11.0 Å². The summed E-state index contributed by atoms with van der Waals surface area (Å²) in [4.78, 5) is 24.0. The predicted molar refractivity (Wildman–Crippen MR) is 70.1 cm³/mol. The van der Waals surface area contributed by atoms with Gasteiger partial charge in [-0.2, -0.15) is 0 Å². The van der Waals surface area contributed by atoms with Crippen LogP contribution in [0.4, 0.5) is 5.69 Å². The maximum atomic E-state index is 12.1. The van der Waals surface area contributed by atoms with Gasteiger partial charge < -0.3 is 4.90 Å². The number of carbonyl (C=O) groups is 1. The fourth-order valence-electron chi connectivity index (χ4n) is 1.74. The van der Waals surface area contributed by atoms with Crippen LogP contribution in [-0.2, 0) is 0 Å². The minimum absolute atomic E-state index is 0.0971. The first-order valence-electron chi connectivity index (χ1n) is 5.48. The molecule has 1 rings (SSSR count). The number of amides is 1. The fraction of sp³-hybridized carbons (Fsp3) is 0.417. The van der Waals surface area contributed by atoms with Gasteiger partial charge in [-0.05, 0) is 19.9 Å². The minimum Gasteiger partial charge on any atom is -0.340 e. The zero-order valence-electron chi connectivity index (χ0n) is 10.5. The van der Waals surface area contributed by atoms with Crippen molar-refractivity contribution in [2.24, 2.45) is 0 Å². The van der Waals surface area contributed by atoms with Gasteiger partial charge in [-0.25, -0.2) is 0 Å². The molecule has 0 radical (unpaired) electrons. The maximum Gasteiger partial charge on any atom is 0.285 e. The lowest BCUT2D eigenvalue weighted by Crippen LogP contribution is -2.31. The van der Waals surface area contributed by atoms with E-state index in [1.54, 1.807) is 33.0 Å². The van der Waals surface area contributed by atoms with Crippen LogP contribution in [0.5, 0.6) is 0 Å². The van der Waals surface area contributed by atoms with E-state index in [0.717, 1.165) is 0 Å². The Labute approximate surface area is 110 Å². The molecule has 6 heteroatoms. The van der Waals surface area contributed by atoms with E-state index in [-0.39, 0.29) is 16.6 Å². The number of rotatable bonds is 4. The summed E-state index contributed by atoms with van der Waals surface area (Å²) >= 11 is 5.81. The Morgan fingerprint density at radius 3 is 2.67 bits per heavy atom. The number of carbonyl (C=O) groups excluding carboxylic acids is 1. The van der Waals surface area contributed by atoms with Crippen molar-refractivity contribution in [3.8, 4) is 0 Å². The van der Waals surface area contributed by atoms with Crippen LogP contribution in [0.1, 0.15) is 22.8 Å². The quantitative estimate of drug-likeness (QED) is 0.480. The van der Waals surface area contributed by atoms with Gasteiger partial charge >= 0.3 is 0 Å². The molecular weight excluding hydrogens is 256 g/mol. The van der Waals surface area contributed by atoms with Gasteiger partial charge in [0, 0.05) is 24.5 Å². The van der Waals surface area contributed by atoms with Crippen molar-refractivity contribution < 1.29 is 9.72 Å². The molecule has 18 heavy (non-hydrogen) atoms. The number of hydrogen-bond donors (Lipinski definition) is 0. The molecule has 1 unspecified atom stereocenters. The second kappa shape index (κ2) is 5.82. The van der Waals surface area contributed by atoms with E-state index in [1.807, 2.05) is 0 Å². The molecule has 1 amide bonds. The zero-order chi connectivity index (χ0) is 13.9. The third-order valence-electron chi connectivity index (χ3n) is 2.52. The molecule has 0 heterocycles. The van der Waals surface area contributed by atoms with E-state index in [2.05, 4.69) is 0 Å². The molecule has 0 N–H and O–H groups in total. The summed E-state index contributed by atoms with van der Waals surface area (Å²) in [6.07, 6.45) is 0. The zero-order valence-corrected chi connectivity index (χ0v) is 11.3. The summed E-state index contributed by atoms with van der Waals surface area (Å²) in [5, 5.41) is 10.8. The smallest absolute Gasteiger partial charge is 0.285 e. The topological polar surface area (TPSA) is 63.5 Å². The SMILES string of the molecule is Cc1cccc(C(=O)N(C)CC(C)Cl)c1[N+](=O)[O-]. The second-order valence-corrected chi connectivity index (χ2v) is 4.94. The third kappa shape index (κ3) is 3.20. The van der Waals surface area contributed by atoms with Crippen LogP contribution in [0.2, 0.25) is 0 Å². The molecule has 0 fully saturated rings. The molecule has 1 atom stereocenters. The molecule has 0 aliphatic carbocycles. The fourth-order valence-corrected chi connectivity index (χ4v) is 1.95. The van der Waals surface area contributed by atoms with Crippen molar-refractivity contribution in [2.45, 2.75) is 19.2 Å². The van der Waals surface area contributed by atoms with Crippen LogP contribution in [0.25, 0.3) is 0 Å². The van der Waals surface area contributed by atoms with Crippen LogP contribution in [0, 0.1) is 17.0 Å². The van der Waals surface area contributed by atoms with Gasteiger partial charge in [0.05, 0.1) is 4.92 Å². The van der Waals surface area contributed by atoms with E-state index < -0.39 is 10.8 Å². The highest BCUT2D eigenvalue weighted by molar-refractivity contribution is 6.20. The van der Waals surface area contributed by atoms with E-state index in [4.69, 9.17) is 11.6 Å². The number of aryl methyl sites for hydroxylation is 1. The lowest BCUT2D eigenvalue weighted by Gasteiger charge is -2.18. The Bertz CT molecular complexity index is 474. The summed E-state index contributed by atoms with van der Waals surface area (Å²) < 4.78 is 0. The van der Waals surface area contributed by atoms with Crippen molar-refractivity contribution in [3.05, 3.63) is 39.4 Å². The van der Waals surface area contributed by atoms with Crippen LogP contribution >= 0.6 is 11.6 Å². The lowest BCUT2D eigenvalue weighted by atomic mass is 10.1. The number of nitro benzene ring substituents is 1. The van der Waals surface area contributed by atoms with Crippen molar-refractivity contribution >= 4 is 23.2 Å². The molecule has 1 aromatic carbocycles. The lowest BCUT2D eigenvalue weighted by molar-refractivity contribution is -0.385. The van der Waals surface area contributed by atoms with Crippen molar-refractivity contribution in [2.75, 3.05) is 13.6 Å². The van der Waals surface area contributed by atoms with Gasteiger partial charge in [-0.3, -0.25) is 14.9 Å². The Morgan fingerprint density at radius 2 is 2.17 bits per heavy atom. The molecule has 0 bridgehead atoms. The summed E-state index contributed by atoms with van der Waals surface area (Å²) in [6.45, 7) is 3.71. The molecule has 0 spiro atoms.